The number of nitrogens with one attached hydrogen (secondary N) is 1. The number of carbonyl (C=O) groups is 2. The maximum Gasteiger partial charge on any atom is 0.410 e. The molecule has 1 N–H and O–H groups in total. The molecule has 0 bridgehead atoms. The summed E-state index contributed by atoms with van der Waals surface area (Å²) in [6, 6.07) is 4.69. The SMILES string of the molecule is COCCn1cc2c(N3C[C@@H](C)N(C(=O)OC(C)(C)C)[C@@H](C)C3)ccc(C(=O)Nc3cc(F)c4nc(C)cn4c3)c2n1. The third kappa shape index (κ3) is 5.89. The van der Waals surface area contributed by atoms with Crippen LogP contribution in [0.25, 0.3) is 16.6 Å². The number of rotatable bonds is 6. The van der Waals surface area contributed by atoms with E-state index in [-0.39, 0.29) is 23.8 Å². The van der Waals surface area contributed by atoms with Gasteiger partial charge in [0.05, 0.1) is 42.2 Å². The van der Waals surface area contributed by atoms with Crippen molar-refractivity contribution >= 4 is 39.9 Å². The maximum atomic E-state index is 14.7. The number of amides is 2. The van der Waals surface area contributed by atoms with Crippen molar-refractivity contribution in [3.63, 3.8) is 0 Å². The van der Waals surface area contributed by atoms with Crippen molar-refractivity contribution in [1.29, 1.82) is 0 Å². The third-order valence-corrected chi connectivity index (χ3v) is 7.22. The number of imidazole rings is 1. The fourth-order valence-corrected chi connectivity index (χ4v) is 5.54. The monoisotopic (exact) mass is 579 g/mol. The van der Waals surface area contributed by atoms with Crippen LogP contribution in [0.15, 0.2) is 36.8 Å². The summed E-state index contributed by atoms with van der Waals surface area (Å²) in [5, 5.41) is 8.36. The number of nitrogens with zero attached hydrogens (tertiary/aromatic N) is 6. The fraction of sp³-hybridized carbons (Fsp3) is 0.467. The quantitative estimate of drug-likeness (QED) is 0.348. The Hall–Kier alpha value is -4.19. The Morgan fingerprint density at radius 1 is 1.12 bits per heavy atom. The first-order valence-corrected chi connectivity index (χ1v) is 14.1. The number of hydrogen-bond acceptors (Lipinski definition) is 7. The topological polar surface area (TPSA) is 106 Å². The van der Waals surface area contributed by atoms with Gasteiger partial charge in [-0.05, 0) is 53.7 Å². The van der Waals surface area contributed by atoms with E-state index in [4.69, 9.17) is 14.6 Å². The lowest BCUT2D eigenvalue weighted by Crippen LogP contribution is -2.59. The van der Waals surface area contributed by atoms with Crippen molar-refractivity contribution < 1.29 is 23.5 Å². The van der Waals surface area contributed by atoms with E-state index in [0.717, 1.165) is 11.1 Å². The van der Waals surface area contributed by atoms with Gasteiger partial charge in [0.1, 0.15) is 11.1 Å². The average molecular weight is 580 g/mol. The zero-order chi connectivity index (χ0) is 30.3. The van der Waals surface area contributed by atoms with Crippen LogP contribution >= 0.6 is 0 Å². The van der Waals surface area contributed by atoms with Gasteiger partial charge in [0, 0.05) is 55.9 Å². The number of piperazine rings is 1. The highest BCUT2D eigenvalue weighted by Gasteiger charge is 2.36. The molecule has 0 spiro atoms. The molecule has 1 aromatic carbocycles. The maximum absolute atomic E-state index is 14.7. The third-order valence-electron chi connectivity index (χ3n) is 7.22. The molecule has 3 aromatic heterocycles. The van der Waals surface area contributed by atoms with Crippen LogP contribution < -0.4 is 10.2 Å². The minimum atomic E-state index is -0.581. The summed E-state index contributed by atoms with van der Waals surface area (Å²) in [4.78, 5) is 34.6. The van der Waals surface area contributed by atoms with Crippen LogP contribution in [0, 0.1) is 12.7 Å². The lowest BCUT2D eigenvalue weighted by Gasteiger charge is -2.45. The highest BCUT2D eigenvalue weighted by atomic mass is 19.1. The standard InChI is InChI=1S/C30H38FN7O4/c1-18-13-36-16-21(12-24(31)27(36)32-18)33-28(39)22-8-9-25(23-17-37(10-11-41-7)34-26(22)23)35-14-19(2)38(20(3)15-35)29(40)42-30(4,5)6/h8-9,12-13,16-17,19-20H,10-11,14-15H2,1-7H3,(H,33,39)/t19-,20+. The van der Waals surface area contributed by atoms with Crippen LogP contribution in [0.5, 0.6) is 0 Å². The summed E-state index contributed by atoms with van der Waals surface area (Å²) in [5.41, 5.74) is 2.39. The second kappa shape index (κ2) is 11.2. The van der Waals surface area contributed by atoms with E-state index < -0.39 is 17.3 Å². The van der Waals surface area contributed by atoms with Crippen molar-refractivity contribution in [2.45, 2.75) is 65.8 Å². The number of methoxy groups -OCH3 is 1. The lowest BCUT2D eigenvalue weighted by molar-refractivity contribution is 0.00567. The summed E-state index contributed by atoms with van der Waals surface area (Å²) in [7, 11) is 1.62. The highest BCUT2D eigenvalue weighted by molar-refractivity contribution is 6.14. The first-order valence-electron chi connectivity index (χ1n) is 14.1. The molecule has 1 aliphatic heterocycles. The van der Waals surface area contributed by atoms with E-state index in [2.05, 4.69) is 15.2 Å². The average Bonchev–Trinajstić information content (AvgIpc) is 3.48. The summed E-state index contributed by atoms with van der Waals surface area (Å²) in [6.07, 6.45) is 4.91. The zero-order valence-electron chi connectivity index (χ0n) is 25.1. The predicted molar refractivity (Wildman–Crippen MR) is 159 cm³/mol. The Labute approximate surface area is 244 Å². The van der Waals surface area contributed by atoms with Crippen LogP contribution in [0.2, 0.25) is 0 Å². The molecular weight excluding hydrogens is 541 g/mol. The lowest BCUT2D eigenvalue weighted by atomic mass is 10.0. The number of hydrogen-bond donors (Lipinski definition) is 1. The molecule has 1 fully saturated rings. The summed E-state index contributed by atoms with van der Waals surface area (Å²) in [6.45, 7) is 13.5. The Morgan fingerprint density at radius 3 is 2.50 bits per heavy atom. The van der Waals surface area contributed by atoms with Gasteiger partial charge in [0.25, 0.3) is 5.91 Å². The Kier molecular flexibility index (Phi) is 7.84. The van der Waals surface area contributed by atoms with Gasteiger partial charge in [0.2, 0.25) is 0 Å². The van der Waals surface area contributed by atoms with Crippen molar-refractivity contribution in [3.8, 4) is 0 Å². The number of halogens is 1. The van der Waals surface area contributed by atoms with E-state index in [0.29, 0.717) is 48.7 Å². The van der Waals surface area contributed by atoms with Gasteiger partial charge in [-0.2, -0.15) is 5.10 Å². The minimum absolute atomic E-state index is 0.109. The van der Waals surface area contributed by atoms with Crippen molar-refractivity contribution in [2.24, 2.45) is 0 Å². The van der Waals surface area contributed by atoms with Gasteiger partial charge < -0.3 is 24.1 Å². The first kappa shape index (κ1) is 29.3. The first-order chi connectivity index (χ1) is 19.8. The minimum Gasteiger partial charge on any atom is -0.444 e. The van der Waals surface area contributed by atoms with E-state index in [1.807, 2.05) is 46.9 Å². The van der Waals surface area contributed by atoms with E-state index in [1.54, 1.807) is 46.5 Å². The van der Waals surface area contributed by atoms with Crippen molar-refractivity contribution in [3.05, 3.63) is 53.9 Å². The summed E-state index contributed by atoms with van der Waals surface area (Å²) < 4.78 is 28.9. The molecule has 0 radical (unpaired) electrons. The number of ether oxygens (including phenoxy) is 2. The molecule has 4 heterocycles. The number of pyridine rings is 1. The second-order valence-corrected chi connectivity index (χ2v) is 11.9. The van der Waals surface area contributed by atoms with Crippen molar-refractivity contribution in [1.82, 2.24) is 24.1 Å². The smallest absolute Gasteiger partial charge is 0.410 e. The molecule has 12 heteroatoms. The van der Waals surface area contributed by atoms with Crippen LogP contribution in [-0.2, 0) is 16.0 Å². The summed E-state index contributed by atoms with van der Waals surface area (Å²) >= 11 is 0. The molecule has 5 rings (SSSR count). The molecule has 1 saturated heterocycles. The van der Waals surface area contributed by atoms with Gasteiger partial charge in [-0.25, -0.2) is 14.2 Å². The molecule has 11 nitrogen and oxygen atoms in total. The number of fused-ring (bicyclic) bond motifs is 2. The number of aromatic nitrogens is 4. The molecule has 224 valence electrons. The number of anilines is 2. The van der Waals surface area contributed by atoms with E-state index >= 15 is 0 Å². The Morgan fingerprint density at radius 2 is 1.83 bits per heavy atom. The zero-order valence-corrected chi connectivity index (χ0v) is 25.1. The van der Waals surface area contributed by atoms with Gasteiger partial charge in [-0.3, -0.25) is 14.4 Å². The second-order valence-electron chi connectivity index (χ2n) is 11.9. The highest BCUT2D eigenvalue weighted by Crippen LogP contribution is 2.33. The molecular formula is C30H38FN7O4. The molecule has 0 aliphatic carbocycles. The van der Waals surface area contributed by atoms with Crippen LogP contribution in [-0.4, -0.2) is 80.6 Å². The normalized spacial score (nSPS) is 17.7. The molecule has 42 heavy (non-hydrogen) atoms. The molecule has 0 saturated carbocycles. The van der Waals surface area contributed by atoms with Gasteiger partial charge in [-0.1, -0.05) is 0 Å². The largest absolute Gasteiger partial charge is 0.444 e. The Bertz CT molecular complexity index is 1630. The van der Waals surface area contributed by atoms with Gasteiger partial charge in [0.15, 0.2) is 11.5 Å². The van der Waals surface area contributed by atoms with Crippen LogP contribution in [0.3, 0.4) is 0 Å². The summed E-state index contributed by atoms with van der Waals surface area (Å²) in [5.74, 6) is -0.936. The van der Waals surface area contributed by atoms with E-state index in [9.17, 15) is 14.0 Å². The number of aryl methyl sites for hydroxylation is 1. The van der Waals surface area contributed by atoms with Crippen LogP contribution in [0.4, 0.5) is 20.6 Å². The molecule has 2 amide bonds. The molecule has 4 aromatic rings. The number of benzene rings is 1. The number of carbonyl (C=O) groups excluding carboxylic acids is 2. The van der Waals surface area contributed by atoms with Crippen molar-refractivity contribution in [2.75, 3.05) is 37.0 Å². The molecule has 2 atom stereocenters. The molecule has 0 unspecified atom stereocenters. The molecule has 1 aliphatic rings. The van der Waals surface area contributed by atoms with Gasteiger partial charge >= 0.3 is 6.09 Å². The predicted octanol–water partition coefficient (Wildman–Crippen LogP) is 4.86. The van der Waals surface area contributed by atoms with Gasteiger partial charge in [-0.15, -0.1) is 0 Å². The van der Waals surface area contributed by atoms with E-state index in [1.165, 1.54) is 6.07 Å². The fourth-order valence-electron chi connectivity index (χ4n) is 5.54. The van der Waals surface area contributed by atoms with Crippen LogP contribution in [0.1, 0.15) is 50.7 Å². The Balaban J connectivity index is 1.46.